The van der Waals surface area contributed by atoms with Gasteiger partial charge in [0.1, 0.15) is 6.61 Å². The first-order chi connectivity index (χ1) is 34.6. The Bertz CT molecular complexity index is 1470. The molecule has 1 atom stereocenters. The van der Waals surface area contributed by atoms with Crippen molar-refractivity contribution >= 4 is 11.9 Å². The van der Waals surface area contributed by atoms with Crippen molar-refractivity contribution in [2.75, 3.05) is 13.2 Å². The molecule has 0 rings (SSSR count). The van der Waals surface area contributed by atoms with Gasteiger partial charge in [-0.3, -0.25) is 9.59 Å². The van der Waals surface area contributed by atoms with Gasteiger partial charge in [-0.1, -0.05) is 257 Å². The Balaban J connectivity index is 3.53. The lowest BCUT2D eigenvalue weighted by Gasteiger charge is -2.15. The summed E-state index contributed by atoms with van der Waals surface area (Å²) in [4.78, 5) is 24.5. The van der Waals surface area contributed by atoms with E-state index < -0.39 is 6.10 Å². The van der Waals surface area contributed by atoms with E-state index in [1.807, 2.05) is 0 Å². The van der Waals surface area contributed by atoms with Crippen molar-refractivity contribution in [3.8, 4) is 0 Å². The van der Waals surface area contributed by atoms with E-state index in [0.717, 1.165) is 116 Å². The largest absolute Gasteiger partial charge is 0.462 e. The number of hydrogen-bond donors (Lipinski definition) is 1. The second-order valence-corrected chi connectivity index (χ2v) is 18.6. The maximum Gasteiger partial charge on any atom is 0.306 e. The molecule has 0 saturated heterocycles. The number of esters is 2. The van der Waals surface area contributed by atoms with E-state index in [2.05, 4.69) is 148 Å². The zero-order chi connectivity index (χ0) is 50.6. The predicted molar refractivity (Wildman–Crippen MR) is 306 cm³/mol. The van der Waals surface area contributed by atoms with E-state index in [1.165, 1.54) is 103 Å². The number of carbonyl (C=O) groups is 2. The van der Waals surface area contributed by atoms with Gasteiger partial charge in [-0.2, -0.15) is 0 Å². The Morgan fingerprint density at radius 2 is 0.571 bits per heavy atom. The van der Waals surface area contributed by atoms with Gasteiger partial charge in [0.05, 0.1) is 6.61 Å². The number of allylic oxidation sites excluding steroid dienone is 22. The monoisotopic (exact) mass is 967 g/mol. The van der Waals surface area contributed by atoms with Crippen LogP contribution in [0.5, 0.6) is 0 Å². The van der Waals surface area contributed by atoms with Crippen molar-refractivity contribution < 1.29 is 24.2 Å². The lowest BCUT2D eigenvalue weighted by molar-refractivity contribution is -0.161. The van der Waals surface area contributed by atoms with Gasteiger partial charge in [-0.05, 0) is 109 Å². The highest BCUT2D eigenvalue weighted by molar-refractivity contribution is 5.70. The van der Waals surface area contributed by atoms with Crippen LogP contribution in [0.3, 0.4) is 0 Å². The average molecular weight is 968 g/mol. The van der Waals surface area contributed by atoms with E-state index in [-0.39, 0.29) is 25.2 Å². The number of ether oxygens (including phenoxy) is 2. The fourth-order valence-corrected chi connectivity index (χ4v) is 7.70. The molecule has 5 heteroatoms. The zero-order valence-electron chi connectivity index (χ0n) is 45.2. The number of unbranched alkanes of at least 4 members (excludes halogenated alkanes) is 21. The highest BCUT2D eigenvalue weighted by Crippen LogP contribution is 2.15. The third-order valence-electron chi connectivity index (χ3n) is 11.9. The molecule has 70 heavy (non-hydrogen) atoms. The smallest absolute Gasteiger partial charge is 0.306 e. The molecule has 0 spiro atoms. The van der Waals surface area contributed by atoms with E-state index in [0.29, 0.717) is 12.8 Å². The summed E-state index contributed by atoms with van der Waals surface area (Å²) in [6.07, 6.45) is 88.6. The molecule has 0 heterocycles. The van der Waals surface area contributed by atoms with Gasteiger partial charge in [-0.25, -0.2) is 0 Å². The average Bonchev–Trinajstić information content (AvgIpc) is 3.36. The second kappa shape index (κ2) is 59.3. The van der Waals surface area contributed by atoms with Crippen LogP contribution < -0.4 is 0 Å². The van der Waals surface area contributed by atoms with Crippen molar-refractivity contribution in [3.05, 3.63) is 134 Å². The number of rotatable bonds is 51. The van der Waals surface area contributed by atoms with Gasteiger partial charge in [0.2, 0.25) is 0 Å². The Morgan fingerprint density at radius 3 is 0.857 bits per heavy atom. The minimum atomic E-state index is -0.784. The fourth-order valence-electron chi connectivity index (χ4n) is 7.70. The summed E-state index contributed by atoms with van der Waals surface area (Å²) < 4.78 is 10.7. The second-order valence-electron chi connectivity index (χ2n) is 18.6. The van der Waals surface area contributed by atoms with Crippen LogP contribution in [0, 0.1) is 0 Å². The first-order valence-electron chi connectivity index (χ1n) is 28.7. The van der Waals surface area contributed by atoms with Gasteiger partial charge in [0.15, 0.2) is 6.10 Å². The molecule has 0 saturated carbocycles. The van der Waals surface area contributed by atoms with Gasteiger partial charge in [0.25, 0.3) is 0 Å². The number of carbonyl (C=O) groups excluding carboxylic acids is 2. The normalized spacial score (nSPS) is 13.2. The zero-order valence-corrected chi connectivity index (χ0v) is 45.2. The molecule has 0 radical (unpaired) electrons. The molecule has 0 aliphatic heterocycles. The Labute approximate surface area is 432 Å². The van der Waals surface area contributed by atoms with Gasteiger partial charge in [0, 0.05) is 12.8 Å². The molecule has 1 unspecified atom stereocenters. The summed E-state index contributed by atoms with van der Waals surface area (Å²) in [5.74, 6) is -0.606. The molecule has 1 N–H and O–H groups in total. The summed E-state index contributed by atoms with van der Waals surface area (Å²) in [5.41, 5.74) is 0. The summed E-state index contributed by atoms with van der Waals surface area (Å²) >= 11 is 0. The minimum Gasteiger partial charge on any atom is -0.462 e. The van der Waals surface area contributed by atoms with Crippen LogP contribution in [0.25, 0.3) is 0 Å². The van der Waals surface area contributed by atoms with Crippen LogP contribution in [0.2, 0.25) is 0 Å². The van der Waals surface area contributed by atoms with Crippen LogP contribution in [0.1, 0.15) is 245 Å². The summed E-state index contributed by atoms with van der Waals surface area (Å²) in [6.45, 7) is 3.91. The number of aliphatic hydroxyl groups excluding tert-OH is 1. The first-order valence-corrected chi connectivity index (χ1v) is 28.7. The molecule has 5 nitrogen and oxygen atoms in total. The molecule has 396 valence electrons. The van der Waals surface area contributed by atoms with Gasteiger partial charge in [-0.15, -0.1) is 0 Å². The molecular formula is C65H106O5. The van der Waals surface area contributed by atoms with Crippen molar-refractivity contribution in [1.82, 2.24) is 0 Å². The van der Waals surface area contributed by atoms with E-state index in [9.17, 15) is 14.7 Å². The standard InChI is InChI=1S/C65H106O5/c1-3-5-7-9-11-13-15-17-19-21-22-23-24-25-26-27-28-29-30-31-32-33-34-35-36-37-38-39-40-41-42-44-46-48-50-52-54-56-58-60-65(68)70-63(61-66)62-69-64(67)59-57-55-53-51-49-47-45-43-20-18-16-14-12-10-8-6-4-2/h5-8,11-14,17-20,22-23,25-26,28-29,31-32,34-35,63,66H,3-4,9-10,15-16,21,24,27,30,33,36-62H2,1-2H3/b7-5-,8-6-,13-11-,14-12-,19-17-,20-18-,23-22-,26-25-,29-28-,32-31-,35-34-. The minimum absolute atomic E-state index is 0.0767. The number of hydrogen-bond acceptors (Lipinski definition) is 5. The molecule has 0 aromatic rings. The molecule has 0 bridgehead atoms. The number of aliphatic hydroxyl groups is 1. The SMILES string of the molecule is CC/C=C\C/C=C\C/C=C\C/C=C\C/C=C\C/C=C\C/C=C\C/C=C\CCCCCCCCCCCCCCCCC(=O)OC(CO)COC(=O)CCCCCCCCC/C=C\C/C=C\C/C=C\CC. The summed E-state index contributed by atoms with van der Waals surface area (Å²) in [6, 6.07) is 0. The lowest BCUT2D eigenvalue weighted by atomic mass is 10.0. The van der Waals surface area contributed by atoms with E-state index in [4.69, 9.17) is 9.47 Å². The highest BCUT2D eigenvalue weighted by Gasteiger charge is 2.16. The molecular weight excluding hydrogens is 861 g/mol. The van der Waals surface area contributed by atoms with Gasteiger partial charge < -0.3 is 14.6 Å². The third kappa shape index (κ3) is 56.6. The van der Waals surface area contributed by atoms with Crippen molar-refractivity contribution in [2.24, 2.45) is 0 Å². The highest BCUT2D eigenvalue weighted by atomic mass is 16.6. The molecule has 0 amide bonds. The molecule has 0 aromatic carbocycles. The van der Waals surface area contributed by atoms with Crippen LogP contribution in [-0.4, -0.2) is 36.4 Å². The summed E-state index contributed by atoms with van der Waals surface area (Å²) in [7, 11) is 0. The Kier molecular flexibility index (Phi) is 56.0. The molecule has 0 aliphatic rings. The molecule has 0 aromatic heterocycles. The quantitative estimate of drug-likeness (QED) is 0.0374. The maximum absolute atomic E-state index is 12.3. The van der Waals surface area contributed by atoms with Crippen LogP contribution in [0.15, 0.2) is 134 Å². The summed E-state index contributed by atoms with van der Waals surface area (Å²) in [5, 5.41) is 9.64. The molecule has 0 fully saturated rings. The van der Waals surface area contributed by atoms with Crippen LogP contribution in [-0.2, 0) is 19.1 Å². The first kappa shape index (κ1) is 66.0. The topological polar surface area (TPSA) is 72.8 Å². The van der Waals surface area contributed by atoms with E-state index >= 15 is 0 Å². The maximum atomic E-state index is 12.3. The third-order valence-corrected chi connectivity index (χ3v) is 11.9. The van der Waals surface area contributed by atoms with Crippen molar-refractivity contribution in [3.63, 3.8) is 0 Å². The Morgan fingerprint density at radius 1 is 0.329 bits per heavy atom. The lowest BCUT2D eigenvalue weighted by Crippen LogP contribution is -2.28. The van der Waals surface area contributed by atoms with E-state index in [1.54, 1.807) is 0 Å². The van der Waals surface area contributed by atoms with Crippen molar-refractivity contribution in [1.29, 1.82) is 0 Å². The Hall–Kier alpha value is -3.96. The van der Waals surface area contributed by atoms with Crippen LogP contribution >= 0.6 is 0 Å². The van der Waals surface area contributed by atoms with Gasteiger partial charge >= 0.3 is 11.9 Å². The fraction of sp³-hybridized carbons (Fsp3) is 0.631. The predicted octanol–water partition coefficient (Wildman–Crippen LogP) is 19.6. The van der Waals surface area contributed by atoms with Crippen LogP contribution in [0.4, 0.5) is 0 Å². The molecule has 0 aliphatic carbocycles. The van der Waals surface area contributed by atoms with Crippen molar-refractivity contribution in [2.45, 2.75) is 251 Å².